The molecule has 0 aliphatic heterocycles. The maximum absolute atomic E-state index is 12.0. The molecule has 0 heterocycles. The lowest BCUT2D eigenvalue weighted by atomic mass is 10.1. The van der Waals surface area contributed by atoms with Gasteiger partial charge in [0, 0.05) is 10.9 Å². The second-order valence-corrected chi connectivity index (χ2v) is 6.54. The van der Waals surface area contributed by atoms with Gasteiger partial charge in [-0.2, -0.15) is 0 Å². The van der Waals surface area contributed by atoms with Crippen LogP contribution in [0.15, 0.2) is 16.6 Å². The number of carbonyl (C=O) groups excluding carboxylic acids is 2. The predicted octanol–water partition coefficient (Wildman–Crippen LogP) is 3.56. The van der Waals surface area contributed by atoms with Crippen LogP contribution in [0.2, 0.25) is 0 Å². The number of nitrogens with one attached hydrogen (secondary N) is 2. The predicted molar refractivity (Wildman–Crippen MR) is 94.1 cm³/mol. The van der Waals surface area contributed by atoms with Gasteiger partial charge < -0.3 is 4.74 Å². The standard InChI is InChI=1S/C17H25BrN2O3/c1-5-6-7-8-15(21)19-20-17(22)13(4)23-16-11(2)9-14(18)10-12(16)3/h9-10,13H,5-8H2,1-4H3,(H,19,21)(H,20,22). The number of unbranched alkanes of at least 4 members (excludes halogenated alkanes) is 2. The summed E-state index contributed by atoms with van der Waals surface area (Å²) < 4.78 is 6.71. The average Bonchev–Trinajstić information content (AvgIpc) is 2.48. The van der Waals surface area contributed by atoms with Crippen molar-refractivity contribution in [1.82, 2.24) is 10.9 Å². The lowest BCUT2D eigenvalue weighted by Gasteiger charge is -2.18. The lowest BCUT2D eigenvalue weighted by molar-refractivity contribution is -0.132. The zero-order valence-corrected chi connectivity index (χ0v) is 15.7. The Hall–Kier alpha value is -1.56. The van der Waals surface area contributed by atoms with E-state index < -0.39 is 6.10 Å². The van der Waals surface area contributed by atoms with E-state index >= 15 is 0 Å². The first-order valence-electron chi connectivity index (χ1n) is 7.87. The van der Waals surface area contributed by atoms with Crippen LogP contribution in [-0.4, -0.2) is 17.9 Å². The summed E-state index contributed by atoms with van der Waals surface area (Å²) in [5.41, 5.74) is 6.72. The SMILES string of the molecule is CCCCCC(=O)NNC(=O)C(C)Oc1c(C)cc(Br)cc1C. The van der Waals surface area contributed by atoms with Gasteiger partial charge in [0.25, 0.3) is 5.91 Å². The Bertz CT molecular complexity index is 538. The highest BCUT2D eigenvalue weighted by Crippen LogP contribution is 2.28. The Morgan fingerprint density at radius 3 is 2.35 bits per heavy atom. The molecule has 0 spiro atoms. The largest absolute Gasteiger partial charge is 0.480 e. The van der Waals surface area contributed by atoms with E-state index in [0.29, 0.717) is 12.2 Å². The molecule has 0 radical (unpaired) electrons. The second-order valence-electron chi connectivity index (χ2n) is 5.62. The molecular formula is C17H25BrN2O3. The van der Waals surface area contributed by atoms with Gasteiger partial charge in [0.15, 0.2) is 6.10 Å². The Kier molecular flexibility index (Phi) is 8.09. The normalized spacial score (nSPS) is 11.7. The van der Waals surface area contributed by atoms with Gasteiger partial charge in [0.2, 0.25) is 5.91 Å². The van der Waals surface area contributed by atoms with Gasteiger partial charge in [-0.3, -0.25) is 20.4 Å². The Balaban J connectivity index is 2.50. The molecule has 0 aromatic heterocycles. The van der Waals surface area contributed by atoms with Crippen molar-refractivity contribution in [1.29, 1.82) is 0 Å². The van der Waals surface area contributed by atoms with Crippen LogP contribution in [0.1, 0.15) is 50.7 Å². The summed E-state index contributed by atoms with van der Waals surface area (Å²) in [6.45, 7) is 7.57. The van der Waals surface area contributed by atoms with Crippen molar-refractivity contribution in [3.05, 3.63) is 27.7 Å². The molecule has 0 aliphatic rings. The summed E-state index contributed by atoms with van der Waals surface area (Å²) in [7, 11) is 0. The molecule has 1 aromatic rings. The number of aryl methyl sites for hydroxylation is 2. The highest BCUT2D eigenvalue weighted by molar-refractivity contribution is 9.10. The van der Waals surface area contributed by atoms with Crippen molar-refractivity contribution in [2.24, 2.45) is 0 Å². The monoisotopic (exact) mass is 384 g/mol. The van der Waals surface area contributed by atoms with E-state index in [0.717, 1.165) is 34.9 Å². The quantitative estimate of drug-likeness (QED) is 0.557. The number of amides is 2. The van der Waals surface area contributed by atoms with E-state index in [1.165, 1.54) is 0 Å². The first-order chi connectivity index (χ1) is 10.8. The van der Waals surface area contributed by atoms with Gasteiger partial charge in [0.1, 0.15) is 5.75 Å². The van der Waals surface area contributed by atoms with Crippen LogP contribution in [0.25, 0.3) is 0 Å². The van der Waals surface area contributed by atoms with Gasteiger partial charge in [-0.1, -0.05) is 35.7 Å². The third kappa shape index (κ3) is 6.60. The van der Waals surface area contributed by atoms with E-state index in [-0.39, 0.29) is 11.8 Å². The number of ether oxygens (including phenoxy) is 1. The summed E-state index contributed by atoms with van der Waals surface area (Å²) in [5.74, 6) is 0.121. The summed E-state index contributed by atoms with van der Waals surface area (Å²) in [6.07, 6.45) is 2.58. The summed E-state index contributed by atoms with van der Waals surface area (Å²) in [4.78, 5) is 23.6. The van der Waals surface area contributed by atoms with E-state index in [9.17, 15) is 9.59 Å². The number of carbonyl (C=O) groups is 2. The van der Waals surface area contributed by atoms with Crippen LogP contribution in [0.3, 0.4) is 0 Å². The fourth-order valence-electron chi connectivity index (χ4n) is 2.14. The molecule has 1 atom stereocenters. The molecule has 1 unspecified atom stereocenters. The minimum Gasteiger partial charge on any atom is -0.480 e. The van der Waals surface area contributed by atoms with Crippen LogP contribution >= 0.6 is 15.9 Å². The molecule has 0 saturated carbocycles. The molecule has 23 heavy (non-hydrogen) atoms. The highest BCUT2D eigenvalue weighted by atomic mass is 79.9. The van der Waals surface area contributed by atoms with E-state index in [1.807, 2.05) is 26.0 Å². The minimum atomic E-state index is -0.704. The highest BCUT2D eigenvalue weighted by Gasteiger charge is 2.17. The molecule has 1 aromatic carbocycles. The average molecular weight is 385 g/mol. The fourth-order valence-corrected chi connectivity index (χ4v) is 2.83. The van der Waals surface area contributed by atoms with Gasteiger partial charge in [-0.05, 0) is 50.5 Å². The zero-order valence-electron chi connectivity index (χ0n) is 14.2. The zero-order chi connectivity index (χ0) is 17.4. The molecule has 0 fully saturated rings. The topological polar surface area (TPSA) is 67.4 Å². The fraction of sp³-hybridized carbons (Fsp3) is 0.529. The van der Waals surface area contributed by atoms with Crippen molar-refractivity contribution in [3.63, 3.8) is 0 Å². The van der Waals surface area contributed by atoms with Gasteiger partial charge in [0.05, 0.1) is 0 Å². The first kappa shape index (κ1) is 19.5. The molecule has 0 saturated heterocycles. The van der Waals surface area contributed by atoms with Crippen molar-refractivity contribution in [2.75, 3.05) is 0 Å². The van der Waals surface area contributed by atoms with E-state index in [4.69, 9.17) is 4.74 Å². The molecular weight excluding hydrogens is 360 g/mol. The third-order valence-electron chi connectivity index (χ3n) is 3.42. The number of hydrogen-bond donors (Lipinski definition) is 2. The second kappa shape index (κ2) is 9.55. The molecule has 5 nitrogen and oxygen atoms in total. The van der Waals surface area contributed by atoms with Crippen LogP contribution in [0.4, 0.5) is 0 Å². The lowest BCUT2D eigenvalue weighted by Crippen LogP contribution is -2.47. The summed E-state index contributed by atoms with van der Waals surface area (Å²) >= 11 is 3.43. The molecule has 6 heteroatoms. The van der Waals surface area contributed by atoms with E-state index in [1.54, 1.807) is 6.92 Å². The molecule has 0 bridgehead atoms. The van der Waals surface area contributed by atoms with Gasteiger partial charge in [-0.15, -0.1) is 0 Å². The summed E-state index contributed by atoms with van der Waals surface area (Å²) in [6, 6.07) is 3.87. The minimum absolute atomic E-state index is 0.185. The van der Waals surface area contributed by atoms with Crippen LogP contribution < -0.4 is 15.6 Å². The Morgan fingerprint density at radius 2 is 1.78 bits per heavy atom. The van der Waals surface area contributed by atoms with Crippen LogP contribution in [-0.2, 0) is 9.59 Å². The van der Waals surface area contributed by atoms with Crippen molar-refractivity contribution >= 4 is 27.7 Å². The molecule has 0 aliphatic carbocycles. The number of hydrazine groups is 1. The van der Waals surface area contributed by atoms with Gasteiger partial charge >= 0.3 is 0 Å². The Morgan fingerprint density at radius 1 is 1.17 bits per heavy atom. The molecule has 2 N–H and O–H groups in total. The van der Waals surface area contributed by atoms with Crippen molar-refractivity contribution in [2.45, 2.75) is 59.5 Å². The molecule has 2 amide bonds. The Labute approximate surface area is 146 Å². The van der Waals surface area contributed by atoms with Gasteiger partial charge in [-0.25, -0.2) is 0 Å². The van der Waals surface area contributed by atoms with Crippen molar-refractivity contribution < 1.29 is 14.3 Å². The van der Waals surface area contributed by atoms with Crippen LogP contribution in [0, 0.1) is 13.8 Å². The third-order valence-corrected chi connectivity index (χ3v) is 3.88. The maximum atomic E-state index is 12.0. The number of benzene rings is 1. The van der Waals surface area contributed by atoms with Crippen LogP contribution in [0.5, 0.6) is 5.75 Å². The molecule has 1 rings (SSSR count). The van der Waals surface area contributed by atoms with Crippen molar-refractivity contribution in [3.8, 4) is 5.75 Å². The summed E-state index contributed by atoms with van der Waals surface area (Å²) in [5, 5.41) is 0. The number of halogens is 1. The number of rotatable bonds is 7. The van der Waals surface area contributed by atoms with E-state index in [2.05, 4.69) is 33.7 Å². The molecule has 128 valence electrons. The maximum Gasteiger partial charge on any atom is 0.279 e. The number of hydrogen-bond acceptors (Lipinski definition) is 3. The first-order valence-corrected chi connectivity index (χ1v) is 8.66. The smallest absolute Gasteiger partial charge is 0.279 e.